The molecule has 5 rings (SSSR count). The minimum absolute atomic E-state index is 0.0113. The number of aryl methyl sites for hydroxylation is 2. The number of pyridine rings is 1. The van der Waals surface area contributed by atoms with E-state index in [4.69, 9.17) is 4.79 Å². The van der Waals surface area contributed by atoms with Crippen LogP contribution < -0.4 is 4.72 Å². The maximum absolute atomic E-state index is 15.4. The van der Waals surface area contributed by atoms with Crippen molar-refractivity contribution < 1.29 is 13.6 Å². The number of carbonyl (C=O) groups is 1. The van der Waals surface area contributed by atoms with E-state index in [0.29, 0.717) is 5.65 Å². The molecule has 9 heteroatoms. The molecule has 2 aromatic carbocycles. The lowest BCUT2D eigenvalue weighted by Crippen LogP contribution is -2.01. The Hall–Kier alpha value is -3.98. The zero-order valence-corrected chi connectivity index (χ0v) is 21.4. The van der Waals surface area contributed by atoms with E-state index in [0.717, 1.165) is 40.1 Å². The van der Waals surface area contributed by atoms with Gasteiger partial charge in [-0.1, -0.05) is 25.5 Å². The first-order chi connectivity index (χ1) is 18.0. The van der Waals surface area contributed by atoms with Crippen molar-refractivity contribution in [2.45, 2.75) is 31.1 Å². The summed E-state index contributed by atoms with van der Waals surface area (Å²) in [5.74, 6) is -0.401. The van der Waals surface area contributed by atoms with Crippen LogP contribution in [-0.2, 0) is 24.7 Å². The SMILES string of the molecule is C=O.CCCc1ccc(SNc2ccc(F)c(Cc3c[nH]c4ncc(-c5nccn5C)cc34)c2F)cc1. The number of hydrogen-bond donors (Lipinski definition) is 2. The molecule has 6 nitrogen and oxygen atoms in total. The van der Waals surface area contributed by atoms with E-state index < -0.39 is 11.6 Å². The highest BCUT2D eigenvalue weighted by atomic mass is 32.2. The van der Waals surface area contributed by atoms with E-state index in [1.807, 2.05) is 42.8 Å². The zero-order chi connectivity index (χ0) is 26.4. The highest BCUT2D eigenvalue weighted by Crippen LogP contribution is 2.30. The van der Waals surface area contributed by atoms with Gasteiger partial charge in [0.2, 0.25) is 0 Å². The first kappa shape index (κ1) is 26.1. The number of benzene rings is 2. The van der Waals surface area contributed by atoms with Crippen LogP contribution in [0.4, 0.5) is 14.5 Å². The van der Waals surface area contributed by atoms with Crippen molar-refractivity contribution in [1.82, 2.24) is 19.5 Å². The molecule has 0 radical (unpaired) electrons. The van der Waals surface area contributed by atoms with Gasteiger partial charge >= 0.3 is 0 Å². The number of anilines is 1. The summed E-state index contributed by atoms with van der Waals surface area (Å²) in [6.07, 6.45) is 9.28. The van der Waals surface area contributed by atoms with Crippen molar-refractivity contribution in [2.24, 2.45) is 7.05 Å². The normalized spacial score (nSPS) is 10.8. The fourth-order valence-corrected chi connectivity index (χ4v) is 4.78. The summed E-state index contributed by atoms with van der Waals surface area (Å²) in [5.41, 5.74) is 3.79. The summed E-state index contributed by atoms with van der Waals surface area (Å²) < 4.78 is 35.1. The Bertz CT molecular complexity index is 1500. The van der Waals surface area contributed by atoms with Gasteiger partial charge in [0.15, 0.2) is 5.82 Å². The standard InChI is InChI=1S/C27H25F2N5S.CH2O/c1-3-4-17-5-7-20(8-6-17)35-33-24-10-9-23(28)22(25(24)29)13-18-15-31-26-21(18)14-19(16-32-26)27-30-11-12-34(27)2;1-2/h5-12,14-16,33H,3-4,13H2,1-2H3,(H,31,32);1H2. The Kier molecular flexibility index (Phi) is 8.35. The van der Waals surface area contributed by atoms with Gasteiger partial charge in [-0.15, -0.1) is 0 Å². The second kappa shape index (κ2) is 11.8. The Balaban J connectivity index is 0.00000156. The van der Waals surface area contributed by atoms with E-state index in [1.54, 1.807) is 18.6 Å². The molecule has 190 valence electrons. The van der Waals surface area contributed by atoms with Gasteiger partial charge in [-0.3, -0.25) is 0 Å². The van der Waals surface area contributed by atoms with Crippen LogP contribution in [0.5, 0.6) is 0 Å². The number of imidazole rings is 1. The van der Waals surface area contributed by atoms with Crippen LogP contribution in [0.1, 0.15) is 30.0 Å². The van der Waals surface area contributed by atoms with E-state index in [1.165, 1.54) is 29.6 Å². The van der Waals surface area contributed by atoms with Gasteiger partial charge in [-0.2, -0.15) is 0 Å². The molecule has 0 unspecified atom stereocenters. The molecule has 0 atom stereocenters. The van der Waals surface area contributed by atoms with Crippen molar-refractivity contribution in [2.75, 3.05) is 4.72 Å². The van der Waals surface area contributed by atoms with Crippen LogP contribution in [-0.4, -0.2) is 26.3 Å². The van der Waals surface area contributed by atoms with Gasteiger partial charge in [0.05, 0.1) is 5.69 Å². The van der Waals surface area contributed by atoms with Crippen molar-refractivity contribution in [1.29, 1.82) is 0 Å². The van der Waals surface area contributed by atoms with Gasteiger partial charge in [0.1, 0.15) is 24.1 Å². The minimum Gasteiger partial charge on any atom is -0.346 e. The van der Waals surface area contributed by atoms with Crippen molar-refractivity contribution in [3.8, 4) is 11.4 Å². The molecule has 0 aliphatic rings. The van der Waals surface area contributed by atoms with Crippen LogP contribution in [0, 0.1) is 11.6 Å². The number of aromatic nitrogens is 4. The highest BCUT2D eigenvalue weighted by Gasteiger charge is 2.17. The average molecular weight is 520 g/mol. The number of halogens is 2. The Morgan fingerprint density at radius 2 is 1.89 bits per heavy atom. The molecular formula is C28H27F2N5OS. The lowest BCUT2D eigenvalue weighted by molar-refractivity contribution is -0.0980. The minimum atomic E-state index is -0.595. The number of carbonyl (C=O) groups excluding carboxylic acids is 1. The molecule has 3 aromatic heterocycles. The lowest BCUT2D eigenvalue weighted by atomic mass is 10.0. The molecule has 0 spiro atoms. The summed E-state index contributed by atoms with van der Waals surface area (Å²) in [4.78, 5) is 20.9. The molecule has 0 saturated carbocycles. The van der Waals surface area contributed by atoms with Crippen molar-refractivity contribution >= 4 is 35.5 Å². The third-order valence-corrected chi connectivity index (χ3v) is 6.82. The Morgan fingerprint density at radius 1 is 1.11 bits per heavy atom. The molecule has 0 bridgehead atoms. The third-order valence-electron chi connectivity index (χ3n) is 5.99. The van der Waals surface area contributed by atoms with Crippen LogP contribution in [0.2, 0.25) is 0 Å². The predicted octanol–water partition coefficient (Wildman–Crippen LogP) is 6.72. The quantitative estimate of drug-likeness (QED) is 0.223. The number of H-pyrrole nitrogens is 1. The van der Waals surface area contributed by atoms with E-state index in [2.05, 4.69) is 38.7 Å². The summed E-state index contributed by atoms with van der Waals surface area (Å²) in [6, 6.07) is 12.8. The summed E-state index contributed by atoms with van der Waals surface area (Å²) >= 11 is 1.30. The van der Waals surface area contributed by atoms with Gasteiger partial charge in [0, 0.05) is 59.7 Å². The van der Waals surface area contributed by atoms with E-state index in [9.17, 15) is 4.39 Å². The molecule has 0 aliphatic heterocycles. The fraction of sp³-hybridized carbons (Fsp3) is 0.179. The number of rotatable bonds is 8. The van der Waals surface area contributed by atoms with E-state index in [-0.39, 0.29) is 17.7 Å². The van der Waals surface area contributed by atoms with Gasteiger partial charge < -0.3 is 19.1 Å². The Labute approximate surface area is 218 Å². The van der Waals surface area contributed by atoms with Crippen LogP contribution in [0.3, 0.4) is 0 Å². The maximum atomic E-state index is 15.4. The largest absolute Gasteiger partial charge is 0.346 e. The first-order valence-electron chi connectivity index (χ1n) is 11.7. The number of nitrogens with zero attached hydrogens (tertiary/aromatic N) is 3. The molecule has 37 heavy (non-hydrogen) atoms. The summed E-state index contributed by atoms with van der Waals surface area (Å²) in [6.45, 7) is 4.14. The zero-order valence-electron chi connectivity index (χ0n) is 20.6. The van der Waals surface area contributed by atoms with Crippen LogP contribution in [0.25, 0.3) is 22.4 Å². The molecule has 2 N–H and O–H groups in total. The van der Waals surface area contributed by atoms with Crippen molar-refractivity contribution in [3.05, 3.63) is 95.6 Å². The molecule has 0 saturated heterocycles. The molecule has 5 aromatic rings. The topological polar surface area (TPSA) is 75.6 Å². The van der Waals surface area contributed by atoms with Crippen LogP contribution in [0.15, 0.2) is 72.1 Å². The van der Waals surface area contributed by atoms with Crippen molar-refractivity contribution in [3.63, 3.8) is 0 Å². The molecule has 0 amide bonds. The fourth-order valence-electron chi connectivity index (χ4n) is 4.13. The second-order valence-electron chi connectivity index (χ2n) is 8.46. The predicted molar refractivity (Wildman–Crippen MR) is 144 cm³/mol. The second-order valence-corrected chi connectivity index (χ2v) is 9.34. The molecule has 0 aliphatic carbocycles. The number of aromatic amines is 1. The number of fused-ring (bicyclic) bond motifs is 1. The van der Waals surface area contributed by atoms with Crippen LogP contribution >= 0.6 is 11.9 Å². The van der Waals surface area contributed by atoms with Gasteiger partial charge in [0.25, 0.3) is 0 Å². The monoisotopic (exact) mass is 519 g/mol. The summed E-state index contributed by atoms with van der Waals surface area (Å²) in [7, 11) is 1.91. The third kappa shape index (κ3) is 5.72. The number of hydrogen-bond acceptors (Lipinski definition) is 5. The van der Waals surface area contributed by atoms with Gasteiger partial charge in [-0.05, 0) is 59.8 Å². The lowest BCUT2D eigenvalue weighted by Gasteiger charge is -2.11. The number of nitrogens with one attached hydrogen (secondary N) is 2. The summed E-state index contributed by atoms with van der Waals surface area (Å²) in [5, 5.41) is 0.809. The van der Waals surface area contributed by atoms with Gasteiger partial charge in [-0.25, -0.2) is 18.7 Å². The molecule has 3 heterocycles. The first-order valence-corrected chi connectivity index (χ1v) is 12.6. The Morgan fingerprint density at radius 3 is 2.59 bits per heavy atom. The highest BCUT2D eigenvalue weighted by molar-refractivity contribution is 8.00. The smallest absolute Gasteiger partial charge is 0.153 e. The molecular weight excluding hydrogens is 492 g/mol. The molecule has 0 fully saturated rings. The van der Waals surface area contributed by atoms with E-state index >= 15 is 4.39 Å². The maximum Gasteiger partial charge on any atom is 0.153 e. The average Bonchev–Trinajstić information content (AvgIpc) is 3.53.